The van der Waals surface area contributed by atoms with E-state index in [1.807, 2.05) is 13.8 Å². The molecule has 1 aromatic rings. The van der Waals surface area contributed by atoms with Crippen LogP contribution >= 0.6 is 11.6 Å². The fraction of sp³-hybridized carbons (Fsp3) is 0.462. The third-order valence-electron chi connectivity index (χ3n) is 2.44. The summed E-state index contributed by atoms with van der Waals surface area (Å²) in [6.45, 7) is 5.58. The number of ether oxygens (including phenoxy) is 1. The summed E-state index contributed by atoms with van der Waals surface area (Å²) in [4.78, 5) is 29.1. The lowest BCUT2D eigenvalue weighted by Crippen LogP contribution is -2.41. The van der Waals surface area contributed by atoms with Gasteiger partial charge < -0.3 is 9.64 Å². The molecule has 0 aliphatic heterocycles. The molecule has 0 atom stereocenters. The molecule has 0 radical (unpaired) electrons. The molecule has 0 aromatic carbocycles. The predicted molar refractivity (Wildman–Crippen MR) is 72.1 cm³/mol. The SMILES string of the molecule is CCOC(=O)CN(C(=O)c1ccc(Cl)cn1)C(C)C. The van der Waals surface area contributed by atoms with Crippen molar-refractivity contribution < 1.29 is 14.3 Å². The summed E-state index contributed by atoms with van der Waals surface area (Å²) in [5.74, 6) is -0.752. The maximum absolute atomic E-state index is 12.2. The van der Waals surface area contributed by atoms with Crippen LogP contribution in [0.4, 0.5) is 0 Å². The fourth-order valence-electron chi connectivity index (χ4n) is 1.48. The monoisotopic (exact) mass is 284 g/mol. The fourth-order valence-corrected chi connectivity index (χ4v) is 1.60. The highest BCUT2D eigenvalue weighted by atomic mass is 35.5. The normalized spacial score (nSPS) is 10.4. The molecule has 0 N–H and O–H groups in total. The first-order chi connectivity index (χ1) is 8.95. The maximum atomic E-state index is 12.2. The van der Waals surface area contributed by atoms with Gasteiger partial charge in [-0.25, -0.2) is 4.98 Å². The first kappa shape index (κ1) is 15.4. The Balaban J connectivity index is 2.84. The van der Waals surface area contributed by atoms with Gasteiger partial charge in [-0.15, -0.1) is 0 Å². The van der Waals surface area contributed by atoms with E-state index in [0.29, 0.717) is 5.02 Å². The van der Waals surface area contributed by atoms with E-state index in [-0.39, 0.29) is 30.8 Å². The van der Waals surface area contributed by atoms with Gasteiger partial charge in [0.2, 0.25) is 0 Å². The zero-order chi connectivity index (χ0) is 14.4. The first-order valence-electron chi connectivity index (χ1n) is 6.03. The molecule has 1 rings (SSSR count). The zero-order valence-electron chi connectivity index (χ0n) is 11.2. The quantitative estimate of drug-likeness (QED) is 0.777. The lowest BCUT2D eigenvalue weighted by molar-refractivity contribution is -0.144. The molecule has 104 valence electrons. The van der Waals surface area contributed by atoms with Gasteiger partial charge in [0.25, 0.3) is 5.91 Å². The largest absolute Gasteiger partial charge is 0.465 e. The van der Waals surface area contributed by atoms with E-state index < -0.39 is 5.97 Å². The molecule has 0 saturated heterocycles. The van der Waals surface area contributed by atoms with Crippen molar-refractivity contribution in [2.45, 2.75) is 26.8 Å². The van der Waals surface area contributed by atoms with E-state index in [1.165, 1.54) is 17.2 Å². The van der Waals surface area contributed by atoms with Gasteiger partial charge in [-0.2, -0.15) is 0 Å². The molecule has 0 fully saturated rings. The second-order valence-corrected chi connectivity index (χ2v) is 4.63. The Morgan fingerprint density at radius 1 is 1.42 bits per heavy atom. The number of esters is 1. The zero-order valence-corrected chi connectivity index (χ0v) is 12.0. The molecule has 0 saturated carbocycles. The van der Waals surface area contributed by atoms with Crippen LogP contribution in [0.25, 0.3) is 0 Å². The summed E-state index contributed by atoms with van der Waals surface area (Å²) in [6, 6.07) is 2.99. The predicted octanol–water partition coefficient (Wildman–Crippen LogP) is 2.15. The summed E-state index contributed by atoms with van der Waals surface area (Å²) >= 11 is 5.72. The van der Waals surface area contributed by atoms with Crippen LogP contribution in [-0.4, -0.2) is 41.0 Å². The van der Waals surface area contributed by atoms with Crippen LogP contribution in [0.5, 0.6) is 0 Å². The van der Waals surface area contributed by atoms with E-state index >= 15 is 0 Å². The van der Waals surface area contributed by atoms with Crippen LogP contribution in [-0.2, 0) is 9.53 Å². The minimum atomic E-state index is -0.432. The highest BCUT2D eigenvalue weighted by molar-refractivity contribution is 6.30. The number of carbonyl (C=O) groups is 2. The van der Waals surface area contributed by atoms with Gasteiger partial charge in [-0.3, -0.25) is 9.59 Å². The van der Waals surface area contributed by atoms with E-state index in [1.54, 1.807) is 13.0 Å². The van der Waals surface area contributed by atoms with Crippen molar-refractivity contribution in [3.63, 3.8) is 0 Å². The van der Waals surface area contributed by atoms with Crippen molar-refractivity contribution >= 4 is 23.5 Å². The average Bonchev–Trinajstić information content (AvgIpc) is 2.36. The Hall–Kier alpha value is -1.62. The molecule has 1 aromatic heterocycles. The number of halogens is 1. The molecule has 0 aliphatic carbocycles. The number of hydrogen-bond acceptors (Lipinski definition) is 4. The van der Waals surface area contributed by atoms with Crippen LogP contribution in [0.1, 0.15) is 31.3 Å². The minimum Gasteiger partial charge on any atom is -0.465 e. The first-order valence-corrected chi connectivity index (χ1v) is 6.41. The highest BCUT2D eigenvalue weighted by Gasteiger charge is 2.22. The number of aromatic nitrogens is 1. The van der Waals surface area contributed by atoms with Crippen LogP contribution in [0.15, 0.2) is 18.3 Å². The topological polar surface area (TPSA) is 59.5 Å². The van der Waals surface area contributed by atoms with Crippen LogP contribution in [0.3, 0.4) is 0 Å². The Bertz CT molecular complexity index is 446. The van der Waals surface area contributed by atoms with Crippen molar-refractivity contribution in [3.8, 4) is 0 Å². The molecule has 0 aliphatic rings. The Morgan fingerprint density at radius 2 is 2.11 bits per heavy atom. The minimum absolute atomic E-state index is 0.0886. The van der Waals surface area contributed by atoms with E-state index in [9.17, 15) is 9.59 Å². The molecule has 0 spiro atoms. The third kappa shape index (κ3) is 4.52. The van der Waals surface area contributed by atoms with Gasteiger partial charge in [-0.05, 0) is 32.9 Å². The molecule has 0 unspecified atom stereocenters. The van der Waals surface area contributed by atoms with Crippen molar-refractivity contribution in [1.29, 1.82) is 0 Å². The van der Waals surface area contributed by atoms with Crippen molar-refractivity contribution in [1.82, 2.24) is 9.88 Å². The second-order valence-electron chi connectivity index (χ2n) is 4.19. The summed E-state index contributed by atoms with van der Waals surface area (Å²) in [7, 11) is 0. The average molecular weight is 285 g/mol. The number of carbonyl (C=O) groups excluding carboxylic acids is 2. The van der Waals surface area contributed by atoms with Crippen LogP contribution in [0, 0.1) is 0 Å². The van der Waals surface area contributed by atoms with Gasteiger partial charge in [0.15, 0.2) is 0 Å². The molecular formula is C13H17ClN2O3. The third-order valence-corrected chi connectivity index (χ3v) is 2.66. The van der Waals surface area contributed by atoms with Gasteiger partial charge in [0.05, 0.1) is 11.6 Å². The smallest absolute Gasteiger partial charge is 0.325 e. The van der Waals surface area contributed by atoms with Crippen molar-refractivity contribution in [2.24, 2.45) is 0 Å². The Kier molecular flexibility index (Phi) is 5.76. The van der Waals surface area contributed by atoms with Gasteiger partial charge >= 0.3 is 5.97 Å². The second kappa shape index (κ2) is 7.09. The summed E-state index contributed by atoms with van der Waals surface area (Å²) in [5.41, 5.74) is 0.252. The van der Waals surface area contributed by atoms with Gasteiger partial charge in [0.1, 0.15) is 12.2 Å². The molecule has 1 heterocycles. The van der Waals surface area contributed by atoms with E-state index in [4.69, 9.17) is 16.3 Å². The van der Waals surface area contributed by atoms with Crippen molar-refractivity contribution in [2.75, 3.05) is 13.2 Å². The van der Waals surface area contributed by atoms with Gasteiger partial charge in [0, 0.05) is 12.2 Å². The highest BCUT2D eigenvalue weighted by Crippen LogP contribution is 2.10. The van der Waals surface area contributed by atoms with E-state index in [2.05, 4.69) is 4.98 Å². The number of amides is 1. The van der Waals surface area contributed by atoms with Crippen LogP contribution in [0.2, 0.25) is 5.02 Å². The number of hydrogen-bond donors (Lipinski definition) is 0. The molecule has 19 heavy (non-hydrogen) atoms. The number of nitrogens with zero attached hydrogens (tertiary/aromatic N) is 2. The summed E-state index contributed by atoms with van der Waals surface area (Å²) in [5, 5.41) is 0.457. The number of pyridine rings is 1. The lowest BCUT2D eigenvalue weighted by Gasteiger charge is -2.25. The molecule has 6 heteroatoms. The molecular weight excluding hydrogens is 268 g/mol. The molecule has 1 amide bonds. The van der Waals surface area contributed by atoms with E-state index in [0.717, 1.165) is 0 Å². The molecule has 0 bridgehead atoms. The standard InChI is InChI=1S/C13H17ClN2O3/c1-4-19-12(17)8-16(9(2)3)13(18)11-6-5-10(14)7-15-11/h5-7,9H,4,8H2,1-3H3. The molecule has 5 nitrogen and oxygen atoms in total. The summed E-state index contributed by atoms with van der Waals surface area (Å²) in [6.07, 6.45) is 1.40. The Labute approximate surface area is 117 Å². The number of rotatable bonds is 5. The Morgan fingerprint density at radius 3 is 2.58 bits per heavy atom. The van der Waals surface area contributed by atoms with Crippen molar-refractivity contribution in [3.05, 3.63) is 29.0 Å². The summed E-state index contributed by atoms with van der Waals surface area (Å²) < 4.78 is 4.85. The van der Waals surface area contributed by atoms with Gasteiger partial charge in [-0.1, -0.05) is 11.6 Å². The van der Waals surface area contributed by atoms with Crippen LogP contribution < -0.4 is 0 Å². The lowest BCUT2D eigenvalue weighted by atomic mass is 10.2. The maximum Gasteiger partial charge on any atom is 0.325 e.